The third-order valence-electron chi connectivity index (χ3n) is 17.1. The van der Waals surface area contributed by atoms with Crippen molar-refractivity contribution in [3.63, 3.8) is 0 Å². The molecule has 146 heavy (non-hydrogen) atoms. The topological polar surface area (TPSA) is 478 Å². The monoisotopic (exact) mass is 2330 g/mol. The molecule has 0 aliphatic rings. The van der Waals surface area contributed by atoms with Crippen molar-refractivity contribution in [3.05, 3.63) is 193 Å². The van der Waals surface area contributed by atoms with Crippen molar-refractivity contribution < 1.29 is 250 Å². The van der Waals surface area contributed by atoms with Crippen molar-refractivity contribution in [2.75, 3.05) is 159 Å². The van der Waals surface area contributed by atoms with Crippen molar-refractivity contribution in [3.8, 4) is 80.5 Å². The first-order valence-electron chi connectivity index (χ1n) is 43.0. The number of esters is 3. The number of aromatic carboxylic acids is 1. The summed E-state index contributed by atoms with van der Waals surface area (Å²) in [5, 5.41) is 27.1. The van der Waals surface area contributed by atoms with E-state index in [4.69, 9.17) is 110 Å². The molecule has 0 unspecified atom stereocenters. The first kappa shape index (κ1) is 160. The zero-order valence-corrected chi connectivity index (χ0v) is 98.6. The Labute approximate surface area is 968 Å². The molecule has 0 atom stereocenters. The van der Waals surface area contributed by atoms with Crippen LogP contribution in [0.4, 0.5) is 0 Å². The van der Waals surface area contributed by atoms with Crippen molar-refractivity contribution >= 4 is 127 Å². The van der Waals surface area contributed by atoms with Crippen LogP contribution >= 0.6 is 74.1 Å². The second kappa shape index (κ2) is 99.8. The van der Waals surface area contributed by atoms with Crippen molar-refractivity contribution in [2.24, 2.45) is 5.92 Å². The number of halogens is 5. The van der Waals surface area contributed by atoms with Gasteiger partial charge in [-0.25, -0.2) is 29.9 Å². The van der Waals surface area contributed by atoms with Crippen LogP contribution in [0.5, 0.6) is 80.5 Å². The summed E-state index contributed by atoms with van der Waals surface area (Å²) in [7, 11) is 22.5. The Morgan fingerprint density at radius 3 is 0.938 bits per heavy atom. The van der Waals surface area contributed by atoms with Gasteiger partial charge in [-0.05, 0) is 216 Å². The maximum atomic E-state index is 12.1. The van der Waals surface area contributed by atoms with Crippen LogP contribution in [0.15, 0.2) is 150 Å². The number of carbonyl (C=O) groups is 9. The van der Waals surface area contributed by atoms with Gasteiger partial charge in [-0.1, -0.05) is 82.9 Å². The fourth-order valence-corrected chi connectivity index (χ4v) is 11.2. The van der Waals surface area contributed by atoms with Gasteiger partial charge in [0.05, 0.1) is 162 Å². The number of benzene rings is 7. The average Bonchev–Trinajstić information content (AvgIpc) is 0.876. The number of alkyl halides is 2. The van der Waals surface area contributed by atoms with Gasteiger partial charge in [0.15, 0.2) is 92.1 Å². The van der Waals surface area contributed by atoms with Gasteiger partial charge in [0.1, 0.15) is 20.7 Å². The van der Waals surface area contributed by atoms with E-state index < -0.39 is 23.9 Å². The molecule has 0 saturated heterocycles. The molecule has 0 radical (unpaired) electrons. The molecule has 0 fully saturated rings. The largest absolute Gasteiger partial charge is 1.00 e. The van der Waals surface area contributed by atoms with Gasteiger partial charge < -0.3 is 113 Å². The van der Waals surface area contributed by atoms with E-state index in [1.807, 2.05) is 71.0 Å². The Hall–Kier alpha value is -8.44. The predicted octanol–water partition coefficient (Wildman–Crippen LogP) is 12.6. The molecule has 1 amide bonds. The predicted molar refractivity (Wildman–Crippen MR) is 567 cm³/mol. The number of ether oxygens (including phenoxy) is 17. The number of ketones is 3. The number of carboxylic acid groups (broad SMARTS) is 2. The third kappa shape index (κ3) is 69.0. The summed E-state index contributed by atoms with van der Waals surface area (Å²) in [6, 6.07) is 40.6. The van der Waals surface area contributed by atoms with Gasteiger partial charge in [-0.2, -0.15) is 0 Å². The summed E-state index contributed by atoms with van der Waals surface area (Å²) < 4.78 is 88.9. The molecule has 1 aromatic heterocycles. The zero-order chi connectivity index (χ0) is 104. The molecule has 0 saturated carbocycles. The Morgan fingerprint density at radius 2 is 0.692 bits per heavy atom. The molecule has 0 aliphatic carbocycles. The van der Waals surface area contributed by atoms with Gasteiger partial charge in [0.2, 0.25) is 5.91 Å². The summed E-state index contributed by atoms with van der Waals surface area (Å²) in [5.74, 6) is 6.13. The normalized spacial score (nSPS) is 9.15. The number of methoxy groups -OCH3 is 11. The number of pyridine rings is 1. The fourth-order valence-electron chi connectivity index (χ4n) is 9.80. The SMILES string of the molecule is C.C.C.CC(C)CCl.CCCOc1ccc(C(=O)CCC(=O)N(C)OC)cc1OC.CCCOc1ccc(C(=O)CCC(=O)O)cc1OC.CCCOc1ccc(C(=O)CCC(=O)OC)cc1OC.CCCOc1ccc(C(=O)O)cc1OC.CCCOc1ccc(C(=O)OC)cc1OC.CNOC.COC(=O)c1ccc(OCCO)c(OC)c1.COc1ccc(CCl)cc1.COc1ccc(I)nc1Br.Cl.[H-].[Na+].[Na+].[Na+].[OH-].[OH-]. The minimum Gasteiger partial charge on any atom is -1.00 e. The number of rotatable bonds is 45. The second-order valence-electron chi connectivity index (χ2n) is 27.7. The first-order valence-corrected chi connectivity index (χ1v) is 46.0. The number of hydrogen-bond donors (Lipinski definition) is 4. The average molecular weight is 2330 g/mol. The molecule has 0 bridgehead atoms. The number of hydroxylamine groups is 3. The van der Waals surface area contributed by atoms with E-state index in [1.165, 1.54) is 96.3 Å². The van der Waals surface area contributed by atoms with Crippen molar-refractivity contribution in [2.45, 2.75) is 147 Å². The van der Waals surface area contributed by atoms with Gasteiger partial charge in [0.25, 0.3) is 0 Å². The van der Waals surface area contributed by atoms with Crippen molar-refractivity contribution in [1.29, 1.82) is 0 Å². The third-order valence-corrected chi connectivity index (χ3v) is 19.2. The van der Waals surface area contributed by atoms with E-state index in [9.17, 15) is 43.2 Å². The van der Waals surface area contributed by atoms with Gasteiger partial charge in [-0.3, -0.25) is 33.6 Å². The maximum absolute atomic E-state index is 12.1. The number of aliphatic carboxylic acids is 1. The van der Waals surface area contributed by atoms with Crippen molar-refractivity contribution in [1.82, 2.24) is 15.5 Å². The summed E-state index contributed by atoms with van der Waals surface area (Å²) in [5.41, 5.74) is 5.99. The standard InChI is InChI=1S/C16H23NO5.C15H20O5.C14H18O5.C12H16O4.C11H14O5.C11H14O4.C8H9ClO.C6H5BrINO.C4H9Cl.C2H7NO.3CH4.ClH.3Na.2H2O.H/c1-5-10-22-14-8-6-12(11-15(14)20-3)13(18)7-9-16(19)17(2)21-4;1-4-9-20-13-7-5-11(10-14(13)18-2)12(16)6-8-15(17)19-3;1-3-8-19-12-6-4-10(9-13(12)18-2)11(15)5-7-14(16)17;1-4-7-16-10-6-5-9(12(13)15-3)8-11(10)14-2;1-14-10-7-8(11(13)15-2)3-4-9(10)16-6-5-12;1-3-6-15-9-5-4-8(11(12)13)7-10(9)14-2;1-10-8-4-2-7(6-9)3-5-8;1-10-4-2-3-5(8)9-6(4)7;1-4(2)3-5;1-3-4-2;;;;;;;;;;/h6,8,11H,5,7,9-10H2,1-4H3;5,7,10H,4,6,8-9H2,1-3H3;4,6,9H,3,5,7-8H2,1-2H3,(H,16,17);5-6,8H,4,7H2,1-3H3;3-4,7,12H,5-6H2,1-2H3;4-5,7H,3,6H2,1-2H3,(H,12,13);2-5H,6H2,1H3;2-3H,1H3;4H,3H2,1-2H3;3H,1-2H3;3*1H4;1H;;;;2*1H2;/q;;;;;;;;;;;;;;3*+1;;;-1/p-2. The number of nitrogens with one attached hydrogen (secondary N) is 1. The molecule has 0 spiro atoms. The second-order valence-corrected chi connectivity index (χ2v) is 30.1. The smallest absolute Gasteiger partial charge is 1.00 e. The van der Waals surface area contributed by atoms with Crippen LogP contribution in [0.25, 0.3) is 0 Å². The van der Waals surface area contributed by atoms with Crippen LogP contribution in [0, 0.1) is 9.62 Å². The van der Waals surface area contributed by atoms with E-state index in [0.29, 0.717) is 142 Å². The van der Waals surface area contributed by atoms with E-state index >= 15 is 0 Å². The number of aliphatic hydroxyl groups excluding tert-OH is 1. The summed E-state index contributed by atoms with van der Waals surface area (Å²) >= 11 is 16.3. The van der Waals surface area contributed by atoms with E-state index in [-0.39, 0.29) is 222 Å². The Balaban J connectivity index is -0.000000140. The molecule has 0 aliphatic heterocycles. The van der Waals surface area contributed by atoms with Crippen LogP contribution in [-0.2, 0) is 44.1 Å². The molecular weight excluding hydrogens is 2180 g/mol. The number of Topliss-reactive ketones (excluding diaryl/α,β-unsaturated/α-hetero) is 3. The van der Waals surface area contributed by atoms with Gasteiger partial charge in [-0.15, -0.1) is 35.6 Å². The number of carbonyl (C=O) groups excluding carboxylic acids is 7. The molecule has 6 N–H and O–H groups in total. The van der Waals surface area contributed by atoms with Crippen LogP contribution in [-0.4, -0.2) is 248 Å². The van der Waals surface area contributed by atoms with Crippen LogP contribution < -0.4 is 160 Å². The fraction of sp³-hybridized carbons (Fsp3) is 0.451. The number of carboxylic acids is 2. The summed E-state index contributed by atoms with van der Waals surface area (Å²) in [6.07, 6.45) is 4.68. The van der Waals surface area contributed by atoms with Gasteiger partial charge >= 0.3 is 119 Å². The number of hydrogen-bond acceptors (Lipinski definition) is 33. The molecule has 8 aromatic rings. The molecule has 44 heteroatoms. The molecular formula is C102H151BrCl3IN3Na3O33. The summed E-state index contributed by atoms with van der Waals surface area (Å²) in [6.45, 7) is 17.3. The summed E-state index contributed by atoms with van der Waals surface area (Å²) in [4.78, 5) is 115. The minimum atomic E-state index is -0.983. The number of aromatic nitrogens is 1. The quantitative estimate of drug-likeness (QED) is 0.00402. The van der Waals surface area contributed by atoms with E-state index in [2.05, 4.69) is 81.9 Å². The Morgan fingerprint density at radius 1 is 0.411 bits per heavy atom. The molecule has 36 nitrogen and oxygen atoms in total. The molecule has 810 valence electrons. The Bertz CT molecular complexity index is 4740. The zero-order valence-electron chi connectivity index (χ0n) is 87.6. The number of amides is 1. The maximum Gasteiger partial charge on any atom is 1.00 e. The van der Waals surface area contributed by atoms with E-state index in [1.54, 1.807) is 119 Å². The molecule has 8 rings (SSSR count). The Kier molecular flexibility index (Phi) is 109. The number of nitrogens with zero attached hydrogens (tertiary/aromatic N) is 2. The minimum absolute atomic E-state index is 0. The molecule has 7 aromatic carbocycles. The van der Waals surface area contributed by atoms with Crippen LogP contribution in [0.2, 0.25) is 0 Å². The van der Waals surface area contributed by atoms with Crippen LogP contribution in [0.1, 0.15) is 211 Å². The number of aliphatic hydroxyl groups is 1. The van der Waals surface area contributed by atoms with E-state index in [0.717, 1.165) is 68.4 Å². The first-order chi connectivity index (χ1) is 65.6. The van der Waals surface area contributed by atoms with Crippen LogP contribution in [0.3, 0.4) is 0 Å². The molecule has 1 heterocycles. The van der Waals surface area contributed by atoms with Gasteiger partial charge in [0, 0.05) is 68.2 Å².